The Bertz CT molecular complexity index is 959. The lowest BCUT2D eigenvalue weighted by Crippen LogP contribution is -2.18. The quantitative estimate of drug-likeness (QED) is 0.434. The van der Waals surface area contributed by atoms with Crippen molar-refractivity contribution in [2.45, 2.75) is 6.92 Å². The third-order valence-corrected chi connectivity index (χ3v) is 3.66. The molecule has 1 amide bonds. The zero-order valence-corrected chi connectivity index (χ0v) is 13.9. The van der Waals surface area contributed by atoms with Crippen LogP contribution in [0, 0.1) is 17.0 Å². The van der Waals surface area contributed by atoms with Gasteiger partial charge in [0.1, 0.15) is 0 Å². The fraction of sp³-hybridized carbons (Fsp3) is 0.0556. The Morgan fingerprint density at radius 1 is 1.23 bits per heavy atom. The highest BCUT2D eigenvalue weighted by Crippen LogP contribution is 2.16. The summed E-state index contributed by atoms with van der Waals surface area (Å²) in [6.07, 6.45) is 4.79. The van der Waals surface area contributed by atoms with E-state index >= 15 is 0 Å². The van der Waals surface area contributed by atoms with Gasteiger partial charge in [0.2, 0.25) is 0 Å². The number of benzene rings is 1. The number of nitro benzene ring substituents is 1. The number of pyridine rings is 1. The smallest absolute Gasteiger partial charge is 0.272 e. The number of nitro groups is 1. The third-order valence-electron chi connectivity index (χ3n) is 3.66. The molecule has 0 fully saturated rings. The number of non-ortho nitro benzene ring substituents is 1. The number of amides is 1. The van der Waals surface area contributed by atoms with E-state index in [1.807, 2.05) is 19.1 Å². The summed E-state index contributed by atoms with van der Waals surface area (Å²) in [5, 5.41) is 14.7. The van der Waals surface area contributed by atoms with Crippen LogP contribution in [0.1, 0.15) is 21.7 Å². The van der Waals surface area contributed by atoms with E-state index in [0.29, 0.717) is 11.3 Å². The highest BCUT2D eigenvalue weighted by molar-refractivity contribution is 5.94. The molecular formula is C18H15N5O3. The summed E-state index contributed by atoms with van der Waals surface area (Å²) in [6, 6.07) is 13.2. The average Bonchev–Trinajstić information content (AvgIpc) is 3.10. The van der Waals surface area contributed by atoms with Crippen molar-refractivity contribution < 1.29 is 9.72 Å². The van der Waals surface area contributed by atoms with Crippen molar-refractivity contribution in [3.8, 4) is 5.69 Å². The first-order chi connectivity index (χ1) is 12.5. The van der Waals surface area contributed by atoms with Crippen LogP contribution in [0.3, 0.4) is 0 Å². The Morgan fingerprint density at radius 2 is 2.00 bits per heavy atom. The molecular weight excluding hydrogens is 334 g/mol. The third kappa shape index (κ3) is 3.81. The van der Waals surface area contributed by atoms with Crippen molar-refractivity contribution in [2.75, 3.05) is 0 Å². The number of rotatable bonds is 5. The number of hydrogen-bond acceptors (Lipinski definition) is 5. The Morgan fingerprint density at radius 3 is 2.65 bits per heavy atom. The molecule has 0 aliphatic rings. The lowest BCUT2D eigenvalue weighted by molar-refractivity contribution is -0.384. The Kier molecular flexibility index (Phi) is 4.84. The number of nitrogens with one attached hydrogen (secondary N) is 1. The molecule has 0 radical (unpaired) electrons. The highest BCUT2D eigenvalue weighted by atomic mass is 16.6. The van der Waals surface area contributed by atoms with Gasteiger partial charge in [0.15, 0.2) is 0 Å². The largest absolute Gasteiger partial charge is 0.316 e. The van der Waals surface area contributed by atoms with Gasteiger partial charge in [0.25, 0.3) is 11.6 Å². The summed E-state index contributed by atoms with van der Waals surface area (Å²) in [7, 11) is 0. The number of carbonyl (C=O) groups excluding carboxylic acids is 1. The van der Waals surface area contributed by atoms with Crippen LogP contribution in [0.25, 0.3) is 5.69 Å². The second-order valence-corrected chi connectivity index (χ2v) is 5.46. The zero-order valence-electron chi connectivity index (χ0n) is 13.9. The van der Waals surface area contributed by atoms with E-state index in [0.717, 1.165) is 11.4 Å². The first kappa shape index (κ1) is 17.0. The fourth-order valence-corrected chi connectivity index (χ4v) is 2.29. The molecule has 0 atom stereocenters. The average molecular weight is 349 g/mol. The van der Waals surface area contributed by atoms with Gasteiger partial charge in [0, 0.05) is 35.9 Å². The number of hydrazone groups is 1. The summed E-state index contributed by atoms with van der Waals surface area (Å²) in [5.41, 5.74) is 5.17. The van der Waals surface area contributed by atoms with Crippen molar-refractivity contribution in [3.05, 3.63) is 88.0 Å². The van der Waals surface area contributed by atoms with Gasteiger partial charge < -0.3 is 4.57 Å². The highest BCUT2D eigenvalue weighted by Gasteiger charge is 2.07. The molecule has 8 heteroatoms. The van der Waals surface area contributed by atoms with E-state index in [2.05, 4.69) is 15.5 Å². The molecule has 2 heterocycles. The maximum Gasteiger partial charge on any atom is 0.272 e. The van der Waals surface area contributed by atoms with E-state index in [-0.39, 0.29) is 11.6 Å². The summed E-state index contributed by atoms with van der Waals surface area (Å²) in [4.78, 5) is 26.4. The summed E-state index contributed by atoms with van der Waals surface area (Å²) in [6.45, 7) is 1.84. The topological polar surface area (TPSA) is 102 Å². The summed E-state index contributed by atoms with van der Waals surface area (Å²) >= 11 is 0. The van der Waals surface area contributed by atoms with E-state index in [4.69, 9.17) is 0 Å². The van der Waals surface area contributed by atoms with Gasteiger partial charge in [-0.1, -0.05) is 0 Å². The molecule has 0 saturated carbocycles. The number of nitrogens with zero attached hydrogens (tertiary/aromatic N) is 4. The fourth-order valence-electron chi connectivity index (χ4n) is 2.29. The monoisotopic (exact) mass is 349 g/mol. The maximum atomic E-state index is 12.0. The van der Waals surface area contributed by atoms with Crippen LogP contribution in [-0.2, 0) is 0 Å². The van der Waals surface area contributed by atoms with Gasteiger partial charge >= 0.3 is 0 Å². The molecule has 2 aromatic heterocycles. The van der Waals surface area contributed by atoms with Crippen LogP contribution < -0.4 is 5.43 Å². The Balaban J connectivity index is 1.72. The van der Waals surface area contributed by atoms with E-state index < -0.39 is 4.92 Å². The molecule has 3 rings (SSSR count). The first-order valence-corrected chi connectivity index (χ1v) is 7.73. The molecule has 1 aromatic carbocycles. The molecule has 1 N–H and O–H groups in total. The van der Waals surface area contributed by atoms with Gasteiger partial charge in [-0.15, -0.1) is 0 Å². The molecule has 3 aromatic rings. The molecule has 0 bridgehead atoms. The van der Waals surface area contributed by atoms with Crippen molar-refractivity contribution in [1.82, 2.24) is 15.0 Å². The van der Waals surface area contributed by atoms with Gasteiger partial charge in [-0.25, -0.2) is 5.43 Å². The molecule has 0 saturated heterocycles. The van der Waals surface area contributed by atoms with E-state index in [9.17, 15) is 14.9 Å². The minimum absolute atomic E-state index is 0.0232. The molecule has 8 nitrogen and oxygen atoms in total. The molecule has 26 heavy (non-hydrogen) atoms. The van der Waals surface area contributed by atoms with Gasteiger partial charge in [-0.05, 0) is 43.3 Å². The lowest BCUT2D eigenvalue weighted by atomic mass is 10.2. The van der Waals surface area contributed by atoms with E-state index in [1.54, 1.807) is 35.0 Å². The summed E-state index contributed by atoms with van der Waals surface area (Å²) in [5.74, 6) is -0.359. The molecule has 0 unspecified atom stereocenters. The molecule has 0 aliphatic carbocycles. The number of hydrogen-bond donors (Lipinski definition) is 1. The number of aromatic nitrogens is 2. The zero-order chi connectivity index (χ0) is 18.5. The van der Waals surface area contributed by atoms with Crippen LogP contribution in [0.4, 0.5) is 5.69 Å². The number of carbonyl (C=O) groups is 1. The second-order valence-electron chi connectivity index (χ2n) is 5.46. The van der Waals surface area contributed by atoms with Crippen LogP contribution in [-0.4, -0.2) is 26.6 Å². The van der Waals surface area contributed by atoms with Crippen LogP contribution >= 0.6 is 0 Å². The van der Waals surface area contributed by atoms with Crippen molar-refractivity contribution in [1.29, 1.82) is 0 Å². The number of aryl methyl sites for hydroxylation is 1. The van der Waals surface area contributed by atoms with Gasteiger partial charge in [-0.3, -0.25) is 19.9 Å². The molecule has 0 spiro atoms. The second kappa shape index (κ2) is 7.39. The summed E-state index contributed by atoms with van der Waals surface area (Å²) < 4.78 is 1.80. The lowest BCUT2D eigenvalue weighted by Gasteiger charge is -2.06. The van der Waals surface area contributed by atoms with Crippen LogP contribution in [0.5, 0.6) is 0 Å². The Labute approximate surface area is 149 Å². The molecule has 0 aliphatic heterocycles. The molecule has 130 valence electrons. The van der Waals surface area contributed by atoms with Crippen molar-refractivity contribution in [2.24, 2.45) is 5.10 Å². The Hall–Kier alpha value is -3.81. The minimum Gasteiger partial charge on any atom is -0.316 e. The first-order valence-electron chi connectivity index (χ1n) is 7.73. The maximum absolute atomic E-state index is 12.0. The predicted octanol–water partition coefficient (Wildman–Crippen LogP) is 2.85. The van der Waals surface area contributed by atoms with Gasteiger partial charge in [0.05, 0.1) is 22.4 Å². The SMILES string of the molecule is Cc1ccc(C(=O)N/N=C/c2cccn2-c2ccc([N+](=O)[O-])cc2)cn1. The minimum atomic E-state index is -0.447. The predicted molar refractivity (Wildman–Crippen MR) is 96.5 cm³/mol. The van der Waals surface area contributed by atoms with Gasteiger partial charge in [-0.2, -0.15) is 5.10 Å². The van der Waals surface area contributed by atoms with Crippen molar-refractivity contribution in [3.63, 3.8) is 0 Å². The standard InChI is InChI=1S/C18H15N5O3/c1-13-4-5-14(11-19-13)18(24)21-20-12-17-3-2-10-22(17)15-6-8-16(9-7-15)23(25)26/h2-12H,1H3,(H,21,24)/b20-12+. The van der Waals surface area contributed by atoms with Crippen LogP contribution in [0.2, 0.25) is 0 Å². The van der Waals surface area contributed by atoms with E-state index in [1.165, 1.54) is 24.5 Å². The van der Waals surface area contributed by atoms with Crippen molar-refractivity contribution >= 4 is 17.8 Å². The van der Waals surface area contributed by atoms with Crippen LogP contribution in [0.15, 0.2) is 66.0 Å². The normalized spacial score (nSPS) is 10.8.